The number of hydrogen-bond acceptors (Lipinski definition) is 15. The summed E-state index contributed by atoms with van der Waals surface area (Å²) in [6.45, 7) is 0.886. The van der Waals surface area contributed by atoms with Gasteiger partial charge in [0.25, 0.3) is 37.3 Å². The van der Waals surface area contributed by atoms with Crippen LogP contribution in [0.4, 0.5) is 5.69 Å². The standard InChI is InChI=1S/C34H31ClN4O12S7/c1-19(15-25-38(17-20-5-3-2-4-6-20)23-16-21(35)7-8-24(23)53-25)27-31(42)39(22-9-12-56(43,44)18-22)33(54-27)26-29(40)36(10-13-57(45,46)47)32(51-26)28-30(41)37(34(52)55-28)11-14-58(48,49)50/h2-8,15-16,22H,9-14,17-18H2,1H3,(H,45,46,47)(H,48,49,50)/b25-15?,27-19+,32-28+,33-26+. The molecule has 58 heavy (non-hydrogen) atoms. The molecule has 1 atom stereocenters. The topological polar surface area (TPSA) is 224 Å². The van der Waals surface area contributed by atoms with Gasteiger partial charge in [-0.25, -0.2) is 8.42 Å². The van der Waals surface area contributed by atoms with Crippen molar-refractivity contribution in [3.63, 3.8) is 0 Å². The van der Waals surface area contributed by atoms with E-state index in [9.17, 15) is 48.7 Å². The normalized spacial score (nSPS) is 21.0. The summed E-state index contributed by atoms with van der Waals surface area (Å²) in [5.41, 5.74) is -0.329. The number of nitrogens with zero attached hydrogens (tertiary/aromatic N) is 4. The third-order valence-electron chi connectivity index (χ3n) is 9.24. The van der Waals surface area contributed by atoms with Gasteiger partial charge in [-0.3, -0.25) is 37.5 Å². The molecule has 2 aromatic carbocycles. The van der Waals surface area contributed by atoms with Gasteiger partial charge in [-0.15, -0.1) is 11.3 Å². The summed E-state index contributed by atoms with van der Waals surface area (Å²) in [7, 11) is -12.8. The van der Waals surface area contributed by atoms with Crippen molar-refractivity contribution in [2.24, 2.45) is 0 Å². The number of carbonyl (C=O) groups is 1. The molecule has 3 aliphatic heterocycles. The second kappa shape index (κ2) is 16.2. The number of halogens is 1. The van der Waals surface area contributed by atoms with Crippen molar-refractivity contribution in [3.05, 3.63) is 111 Å². The van der Waals surface area contributed by atoms with Gasteiger partial charge in [-0.05, 0) is 60.5 Å². The molecule has 2 fully saturated rings. The Balaban J connectivity index is 1.48. The number of amides is 1. The van der Waals surface area contributed by atoms with Gasteiger partial charge in [-0.1, -0.05) is 65.9 Å². The maximum Gasteiger partial charge on any atom is 0.299 e. The van der Waals surface area contributed by atoms with E-state index in [1.165, 1.54) is 16.3 Å². The summed E-state index contributed by atoms with van der Waals surface area (Å²) in [6, 6.07) is 14.3. The zero-order valence-corrected chi connectivity index (χ0v) is 36.4. The van der Waals surface area contributed by atoms with Gasteiger partial charge in [0.05, 0.1) is 44.3 Å². The molecule has 2 N–H and O–H groups in total. The van der Waals surface area contributed by atoms with E-state index >= 15 is 0 Å². The van der Waals surface area contributed by atoms with Crippen LogP contribution in [0.3, 0.4) is 0 Å². The Morgan fingerprint density at radius 1 is 0.983 bits per heavy atom. The lowest BCUT2D eigenvalue weighted by atomic mass is 10.2. The fourth-order valence-corrected chi connectivity index (χ4v) is 12.8. The van der Waals surface area contributed by atoms with Crippen LogP contribution < -0.4 is 26.1 Å². The molecule has 5 heterocycles. The largest absolute Gasteiger partial charge is 0.430 e. The van der Waals surface area contributed by atoms with Crippen molar-refractivity contribution in [2.45, 2.75) is 37.4 Å². The lowest BCUT2D eigenvalue weighted by Gasteiger charge is -2.21. The highest BCUT2D eigenvalue weighted by molar-refractivity contribution is 8.30. The summed E-state index contributed by atoms with van der Waals surface area (Å²) >= 11 is 14.6. The third kappa shape index (κ3) is 8.98. The second-order valence-corrected chi connectivity index (χ2v) is 22.9. The first-order valence-corrected chi connectivity index (χ1v) is 25.3. The fourth-order valence-electron chi connectivity index (χ4n) is 6.52. The maximum absolute atomic E-state index is 14.5. The van der Waals surface area contributed by atoms with Crippen LogP contribution in [0.2, 0.25) is 5.02 Å². The minimum absolute atomic E-state index is 0.0372. The number of benzene rings is 2. The number of allylic oxidation sites excluding steroid dienone is 1. The maximum atomic E-state index is 14.5. The summed E-state index contributed by atoms with van der Waals surface area (Å²) in [4.78, 5) is 45.8. The van der Waals surface area contributed by atoms with Gasteiger partial charge in [0.1, 0.15) is 13.9 Å². The van der Waals surface area contributed by atoms with Crippen LogP contribution in [-0.4, -0.2) is 88.2 Å². The number of thiazole rings is 1. The third-order valence-corrected chi connectivity index (χ3v) is 16.4. The zero-order valence-electron chi connectivity index (χ0n) is 29.9. The van der Waals surface area contributed by atoms with E-state index in [2.05, 4.69) is 0 Å². The number of oxazole rings is 1. The zero-order chi connectivity index (χ0) is 41.9. The molecule has 0 bridgehead atoms. The summed E-state index contributed by atoms with van der Waals surface area (Å²) in [5.74, 6) is -3.42. The van der Waals surface area contributed by atoms with Gasteiger partial charge < -0.3 is 9.32 Å². The van der Waals surface area contributed by atoms with Crippen LogP contribution in [0.5, 0.6) is 0 Å². The summed E-state index contributed by atoms with van der Waals surface area (Å²) in [6.07, 6.45) is 1.84. The smallest absolute Gasteiger partial charge is 0.299 e. The van der Waals surface area contributed by atoms with Crippen LogP contribution in [0, 0.1) is 10.1 Å². The SMILES string of the molecule is C/C(C=C1Sc2ccc(Cl)cc2N1Cc1ccccc1)=c1\s/c(=c2/o/c(=C3/SC(=S)N(CCS(=O)(=O)O)C3=O)n(CCS(=O)(=O)O)c2=O)n(C2CCS(=O)(=O)C2)c1=O. The van der Waals surface area contributed by atoms with E-state index in [-0.39, 0.29) is 30.6 Å². The quantitative estimate of drug-likeness (QED) is 0.172. The molecular weight excluding hydrogens is 916 g/mol. The number of sulfone groups is 1. The van der Waals surface area contributed by atoms with Crippen LogP contribution >= 0.6 is 58.7 Å². The number of rotatable bonds is 10. The Morgan fingerprint density at radius 3 is 2.33 bits per heavy atom. The molecule has 2 saturated heterocycles. The Bertz CT molecular complexity index is 3120. The molecule has 0 saturated carbocycles. The minimum atomic E-state index is -4.68. The molecule has 24 heteroatoms. The number of anilines is 1. The van der Waals surface area contributed by atoms with Crippen LogP contribution in [0.25, 0.3) is 10.5 Å². The Labute approximate surface area is 353 Å². The number of thioether (sulfide) groups is 2. The fraction of sp³-hybridized carbons (Fsp3) is 0.294. The first-order chi connectivity index (χ1) is 27.2. The summed E-state index contributed by atoms with van der Waals surface area (Å²) < 4.78 is 98.7. The van der Waals surface area contributed by atoms with Crippen LogP contribution in [0.1, 0.15) is 24.9 Å². The Morgan fingerprint density at radius 2 is 1.67 bits per heavy atom. The lowest BCUT2D eigenvalue weighted by molar-refractivity contribution is -0.120. The second-order valence-electron chi connectivity index (χ2n) is 13.3. The molecule has 3 aliphatic rings. The van der Waals surface area contributed by atoms with E-state index < -0.39 is 94.5 Å². The van der Waals surface area contributed by atoms with Crippen LogP contribution in [0.15, 0.2) is 78.5 Å². The van der Waals surface area contributed by atoms with Gasteiger partial charge in [0.2, 0.25) is 11.0 Å². The van der Waals surface area contributed by atoms with Gasteiger partial charge >= 0.3 is 0 Å². The molecular formula is C34H31ClN4O12S7. The van der Waals surface area contributed by atoms with Crippen molar-refractivity contribution < 1.29 is 43.6 Å². The van der Waals surface area contributed by atoms with Gasteiger partial charge in [0.15, 0.2) is 9.84 Å². The first kappa shape index (κ1) is 42.6. The Hall–Kier alpha value is -3.52. The summed E-state index contributed by atoms with van der Waals surface area (Å²) in [5, 5.41) is 1.28. The van der Waals surface area contributed by atoms with Crippen molar-refractivity contribution >= 4 is 115 Å². The van der Waals surface area contributed by atoms with Gasteiger partial charge in [0, 0.05) is 29.6 Å². The number of aromatic nitrogens is 2. The van der Waals surface area contributed by atoms with Crippen LogP contribution in [-0.2, 0) is 48.0 Å². The van der Waals surface area contributed by atoms with Gasteiger partial charge in [-0.2, -0.15) is 16.8 Å². The average molecular weight is 948 g/mol. The highest BCUT2D eigenvalue weighted by Gasteiger charge is 2.37. The number of hydrogen-bond donors (Lipinski definition) is 2. The van der Waals surface area contributed by atoms with Crippen molar-refractivity contribution in [3.8, 4) is 0 Å². The van der Waals surface area contributed by atoms with Crippen molar-refractivity contribution in [1.29, 1.82) is 0 Å². The predicted molar refractivity (Wildman–Crippen MR) is 226 cm³/mol. The molecule has 4 aromatic rings. The highest BCUT2D eigenvalue weighted by Crippen LogP contribution is 2.48. The minimum Gasteiger partial charge on any atom is -0.430 e. The molecule has 7 rings (SSSR count). The monoisotopic (exact) mass is 946 g/mol. The van der Waals surface area contributed by atoms with Crippen molar-refractivity contribution in [2.75, 3.05) is 34.5 Å². The molecule has 308 valence electrons. The van der Waals surface area contributed by atoms with E-state index in [0.717, 1.165) is 42.0 Å². The lowest BCUT2D eigenvalue weighted by Crippen LogP contribution is -2.35. The van der Waals surface area contributed by atoms with Crippen molar-refractivity contribution in [1.82, 2.24) is 14.0 Å². The van der Waals surface area contributed by atoms with E-state index in [1.54, 1.807) is 19.1 Å². The Kier molecular flexibility index (Phi) is 11.9. The van der Waals surface area contributed by atoms with E-state index in [4.69, 9.17) is 28.2 Å². The van der Waals surface area contributed by atoms with E-state index in [1.807, 2.05) is 47.4 Å². The highest BCUT2D eigenvalue weighted by atomic mass is 35.5. The molecule has 0 aliphatic carbocycles. The first-order valence-electron chi connectivity index (χ1n) is 17.1. The van der Waals surface area contributed by atoms with E-state index in [0.29, 0.717) is 28.9 Å². The molecule has 1 amide bonds. The number of fused-ring (bicyclic) bond motifs is 1. The molecule has 1 unspecified atom stereocenters. The molecule has 0 spiro atoms. The predicted octanol–water partition coefficient (Wildman–Crippen LogP) is 2.53. The molecule has 0 radical (unpaired) electrons. The number of carbonyl (C=O) groups excluding carboxylic acids is 1. The molecule has 2 aromatic heterocycles. The molecule has 16 nitrogen and oxygen atoms in total. The average Bonchev–Trinajstić information content (AvgIpc) is 3.91. The number of thiocarbonyl (C=S) groups is 1.